The van der Waals surface area contributed by atoms with E-state index in [1.807, 2.05) is 0 Å². The molecule has 1 aromatic carbocycles. The first-order chi connectivity index (χ1) is 14.0. The Labute approximate surface area is 170 Å². The first kappa shape index (κ1) is 20.2. The number of amides is 1. The zero-order chi connectivity index (χ0) is 21.0. The number of carbonyl (C=O) groups is 2. The minimum Gasteiger partial charge on any atom is -0.497 e. The second-order valence-electron chi connectivity index (χ2n) is 5.82. The summed E-state index contributed by atoms with van der Waals surface area (Å²) in [5, 5.41) is 17.6. The zero-order valence-electron chi connectivity index (χ0n) is 16.1. The summed E-state index contributed by atoms with van der Waals surface area (Å²) in [4.78, 5) is 29.3. The molecule has 2 aromatic heterocycles. The van der Waals surface area contributed by atoms with Crippen LogP contribution in [0.15, 0.2) is 35.8 Å². The lowest BCUT2D eigenvalue weighted by atomic mass is 10.1. The van der Waals surface area contributed by atoms with Gasteiger partial charge in [0.1, 0.15) is 5.75 Å². The van der Waals surface area contributed by atoms with Gasteiger partial charge in [0.25, 0.3) is 5.91 Å². The number of rotatable bonds is 6. The highest BCUT2D eigenvalue weighted by Crippen LogP contribution is 2.17. The van der Waals surface area contributed by atoms with E-state index in [-0.39, 0.29) is 28.9 Å². The van der Waals surface area contributed by atoms with Crippen molar-refractivity contribution in [3.8, 4) is 11.4 Å². The monoisotopic (exact) mass is 413 g/mol. The molecule has 0 bridgehead atoms. The van der Waals surface area contributed by atoms with Gasteiger partial charge >= 0.3 is 5.97 Å². The fraction of sp³-hybridized carbons (Fsp3) is 0.211. The molecule has 3 aromatic rings. The van der Waals surface area contributed by atoms with Crippen LogP contribution >= 0.6 is 11.3 Å². The number of nitrogens with zero attached hydrogens (tertiary/aromatic N) is 3. The molecule has 0 fully saturated rings. The van der Waals surface area contributed by atoms with E-state index in [1.165, 1.54) is 16.0 Å². The third-order valence-corrected chi connectivity index (χ3v) is 4.73. The first-order valence-corrected chi connectivity index (χ1v) is 9.55. The summed E-state index contributed by atoms with van der Waals surface area (Å²) in [5.41, 5.74) is 0.545. The van der Waals surface area contributed by atoms with Crippen molar-refractivity contribution >= 4 is 28.3 Å². The number of nitrogens with one attached hydrogen (secondary N) is 2. The molecule has 2 heterocycles. The Morgan fingerprint density at radius 2 is 2.00 bits per heavy atom. The van der Waals surface area contributed by atoms with Gasteiger partial charge in [-0.3, -0.25) is 15.5 Å². The standard InChI is InChI=1S/C19H19N5O4S/c1-4-28-18(26)15-11(2)14(17(25)22-19-21-9-10-29-19)16(20)24(23-15)12-5-7-13(27-3)8-6-12/h5-10,20H,4H2,1-3H3,(H,21,22,25). The molecule has 0 radical (unpaired) electrons. The highest BCUT2D eigenvalue weighted by atomic mass is 32.1. The molecule has 150 valence electrons. The molecule has 0 aliphatic carbocycles. The lowest BCUT2D eigenvalue weighted by molar-refractivity contribution is 0.0516. The number of methoxy groups -OCH3 is 1. The number of carbonyl (C=O) groups excluding carboxylic acids is 2. The first-order valence-electron chi connectivity index (χ1n) is 8.67. The normalized spacial score (nSPS) is 10.4. The fourth-order valence-corrected chi connectivity index (χ4v) is 3.18. The number of ether oxygens (including phenoxy) is 2. The minimum atomic E-state index is -0.671. The van der Waals surface area contributed by atoms with Gasteiger partial charge in [0.05, 0.1) is 25.0 Å². The molecule has 0 spiro atoms. The summed E-state index contributed by atoms with van der Waals surface area (Å²) in [6.45, 7) is 3.40. The van der Waals surface area contributed by atoms with Gasteiger partial charge in [-0.1, -0.05) is 0 Å². The van der Waals surface area contributed by atoms with Gasteiger partial charge in [-0.2, -0.15) is 5.10 Å². The average Bonchev–Trinajstić information content (AvgIpc) is 3.21. The van der Waals surface area contributed by atoms with Crippen molar-refractivity contribution < 1.29 is 19.1 Å². The van der Waals surface area contributed by atoms with Crippen molar-refractivity contribution in [3.63, 3.8) is 0 Å². The third-order valence-electron chi connectivity index (χ3n) is 4.04. The van der Waals surface area contributed by atoms with Crippen LogP contribution in [0.3, 0.4) is 0 Å². The van der Waals surface area contributed by atoms with Crippen LogP contribution in [-0.2, 0) is 4.74 Å². The summed E-state index contributed by atoms with van der Waals surface area (Å²) >= 11 is 1.25. The van der Waals surface area contributed by atoms with Gasteiger partial charge in [-0.15, -0.1) is 11.3 Å². The third kappa shape index (κ3) is 4.16. The number of aromatic nitrogens is 3. The van der Waals surface area contributed by atoms with Crippen LogP contribution in [0.2, 0.25) is 0 Å². The maximum atomic E-state index is 12.9. The molecule has 0 saturated carbocycles. The molecule has 0 atom stereocenters. The van der Waals surface area contributed by atoms with Crippen LogP contribution in [0.25, 0.3) is 5.69 Å². The maximum Gasteiger partial charge on any atom is 0.359 e. The van der Waals surface area contributed by atoms with Crippen molar-refractivity contribution in [3.05, 3.63) is 58.2 Å². The fourth-order valence-electron chi connectivity index (χ4n) is 2.65. The molecule has 1 amide bonds. The van der Waals surface area contributed by atoms with E-state index in [4.69, 9.17) is 14.9 Å². The molecule has 29 heavy (non-hydrogen) atoms. The van der Waals surface area contributed by atoms with Crippen molar-refractivity contribution in [2.75, 3.05) is 19.0 Å². The van der Waals surface area contributed by atoms with E-state index >= 15 is 0 Å². The summed E-state index contributed by atoms with van der Waals surface area (Å²) in [7, 11) is 1.54. The largest absolute Gasteiger partial charge is 0.497 e. The van der Waals surface area contributed by atoms with Gasteiger partial charge in [0.2, 0.25) is 0 Å². The number of hydrogen-bond acceptors (Lipinski definition) is 8. The topological polar surface area (TPSA) is 119 Å². The van der Waals surface area contributed by atoms with E-state index < -0.39 is 11.9 Å². The molecule has 2 N–H and O–H groups in total. The summed E-state index contributed by atoms with van der Waals surface area (Å²) in [6.07, 6.45) is 1.56. The molecular formula is C19H19N5O4S. The smallest absolute Gasteiger partial charge is 0.359 e. The van der Waals surface area contributed by atoms with Crippen LogP contribution in [0.4, 0.5) is 5.13 Å². The molecule has 0 aliphatic rings. The van der Waals surface area contributed by atoms with E-state index in [9.17, 15) is 9.59 Å². The second-order valence-corrected chi connectivity index (χ2v) is 6.71. The van der Waals surface area contributed by atoms with Crippen LogP contribution in [-0.4, -0.2) is 40.4 Å². The van der Waals surface area contributed by atoms with Crippen molar-refractivity contribution in [2.24, 2.45) is 0 Å². The molecule has 3 rings (SSSR count). The van der Waals surface area contributed by atoms with Crippen LogP contribution in [0, 0.1) is 12.3 Å². The number of benzene rings is 1. The van der Waals surface area contributed by atoms with Gasteiger partial charge in [0, 0.05) is 17.1 Å². The quantitative estimate of drug-likeness (QED) is 0.600. The Balaban J connectivity index is 2.17. The lowest BCUT2D eigenvalue weighted by Crippen LogP contribution is -2.34. The Bertz CT molecular complexity index is 1090. The summed E-state index contributed by atoms with van der Waals surface area (Å²) in [5.74, 6) is -0.603. The van der Waals surface area contributed by atoms with E-state index in [2.05, 4.69) is 15.4 Å². The molecule has 0 unspecified atom stereocenters. The van der Waals surface area contributed by atoms with Crippen molar-refractivity contribution in [2.45, 2.75) is 13.8 Å². The van der Waals surface area contributed by atoms with E-state index in [0.717, 1.165) is 0 Å². The molecule has 0 saturated heterocycles. The summed E-state index contributed by atoms with van der Waals surface area (Å²) in [6, 6.07) is 6.75. The molecule has 0 aliphatic heterocycles. The van der Waals surface area contributed by atoms with Gasteiger partial charge in [0.15, 0.2) is 16.3 Å². The van der Waals surface area contributed by atoms with E-state index in [1.54, 1.807) is 56.8 Å². The highest BCUT2D eigenvalue weighted by Gasteiger charge is 2.24. The average molecular weight is 413 g/mol. The van der Waals surface area contributed by atoms with Crippen molar-refractivity contribution in [1.29, 1.82) is 5.41 Å². The number of esters is 1. The molecule has 10 heteroatoms. The Morgan fingerprint density at radius 3 is 2.59 bits per heavy atom. The number of hydrogen-bond donors (Lipinski definition) is 2. The lowest BCUT2D eigenvalue weighted by Gasteiger charge is -2.15. The predicted octanol–water partition coefficient (Wildman–Crippen LogP) is 2.55. The Hall–Kier alpha value is -3.53. The SMILES string of the molecule is CCOC(=O)c1nn(-c2ccc(OC)cc2)c(=N)c(C(=O)Nc2nccs2)c1C. The van der Waals surface area contributed by atoms with Gasteiger partial charge in [-0.05, 0) is 38.1 Å². The van der Waals surface area contributed by atoms with Crippen molar-refractivity contribution in [1.82, 2.24) is 14.8 Å². The Morgan fingerprint density at radius 1 is 1.28 bits per heavy atom. The molecule has 9 nitrogen and oxygen atoms in total. The van der Waals surface area contributed by atoms with Crippen LogP contribution in [0.5, 0.6) is 5.75 Å². The highest BCUT2D eigenvalue weighted by molar-refractivity contribution is 7.13. The van der Waals surface area contributed by atoms with E-state index in [0.29, 0.717) is 16.6 Å². The Kier molecular flexibility index (Phi) is 6.03. The van der Waals surface area contributed by atoms with Crippen LogP contribution < -0.4 is 15.5 Å². The predicted molar refractivity (Wildman–Crippen MR) is 107 cm³/mol. The van der Waals surface area contributed by atoms with Gasteiger partial charge in [-0.25, -0.2) is 14.5 Å². The van der Waals surface area contributed by atoms with Gasteiger partial charge < -0.3 is 9.47 Å². The maximum absolute atomic E-state index is 12.9. The minimum absolute atomic E-state index is 0.00840. The zero-order valence-corrected chi connectivity index (χ0v) is 16.9. The molecular weight excluding hydrogens is 394 g/mol. The summed E-state index contributed by atoms with van der Waals surface area (Å²) < 4.78 is 11.4. The van der Waals surface area contributed by atoms with Crippen LogP contribution in [0.1, 0.15) is 33.3 Å². The number of thiazole rings is 1. The number of anilines is 1. The second kappa shape index (κ2) is 8.65.